The van der Waals surface area contributed by atoms with Crippen molar-refractivity contribution in [1.29, 1.82) is 0 Å². The Kier molecular flexibility index (Phi) is 5.45. The minimum atomic E-state index is -0.0348. The normalized spacial score (nSPS) is 10.5. The standard InChI is InChI=1S/C12H19N3O2/c1-15(17-2)9-5-8-12(16)14-11-7-4-3-6-10(11)13/h3-4,6-7H,5,8-9,13H2,1-2H3,(H,14,16). The number of rotatable bonds is 6. The Balaban J connectivity index is 2.33. The summed E-state index contributed by atoms with van der Waals surface area (Å²) in [6.45, 7) is 0.716. The molecule has 0 aromatic heterocycles. The zero-order valence-electron chi connectivity index (χ0n) is 10.3. The fourth-order valence-corrected chi connectivity index (χ4v) is 1.38. The van der Waals surface area contributed by atoms with Crippen LogP contribution in [-0.4, -0.2) is 31.7 Å². The number of benzene rings is 1. The number of hydrogen-bond donors (Lipinski definition) is 2. The first-order chi connectivity index (χ1) is 8.13. The topological polar surface area (TPSA) is 67.6 Å². The average molecular weight is 237 g/mol. The third kappa shape index (κ3) is 4.84. The van der Waals surface area contributed by atoms with Gasteiger partial charge >= 0.3 is 0 Å². The summed E-state index contributed by atoms with van der Waals surface area (Å²) in [4.78, 5) is 16.6. The lowest BCUT2D eigenvalue weighted by Gasteiger charge is -2.13. The van der Waals surface area contributed by atoms with E-state index in [0.29, 0.717) is 24.3 Å². The van der Waals surface area contributed by atoms with Crippen LogP contribution in [0.3, 0.4) is 0 Å². The number of anilines is 2. The van der Waals surface area contributed by atoms with Crippen LogP contribution >= 0.6 is 0 Å². The molecule has 1 rings (SSSR count). The van der Waals surface area contributed by atoms with Gasteiger partial charge in [-0.3, -0.25) is 4.79 Å². The minimum Gasteiger partial charge on any atom is -0.397 e. The van der Waals surface area contributed by atoms with Crippen molar-refractivity contribution in [2.75, 3.05) is 31.8 Å². The quantitative estimate of drug-likeness (QED) is 0.581. The first-order valence-electron chi connectivity index (χ1n) is 5.53. The summed E-state index contributed by atoms with van der Waals surface area (Å²) in [7, 11) is 3.43. The molecule has 0 heterocycles. The highest BCUT2D eigenvalue weighted by Gasteiger charge is 2.05. The van der Waals surface area contributed by atoms with Crippen molar-refractivity contribution in [2.45, 2.75) is 12.8 Å². The molecule has 0 aliphatic carbocycles. The van der Waals surface area contributed by atoms with Crippen LogP contribution in [0.1, 0.15) is 12.8 Å². The van der Waals surface area contributed by atoms with Crippen LogP contribution in [0.5, 0.6) is 0 Å². The third-order valence-electron chi connectivity index (χ3n) is 2.42. The number of amides is 1. The van der Waals surface area contributed by atoms with Gasteiger partial charge in [0.1, 0.15) is 0 Å². The monoisotopic (exact) mass is 237 g/mol. The maximum absolute atomic E-state index is 11.6. The van der Waals surface area contributed by atoms with E-state index in [4.69, 9.17) is 10.6 Å². The van der Waals surface area contributed by atoms with Crippen molar-refractivity contribution in [3.05, 3.63) is 24.3 Å². The lowest BCUT2D eigenvalue weighted by molar-refractivity contribution is -0.119. The van der Waals surface area contributed by atoms with Crippen molar-refractivity contribution in [1.82, 2.24) is 5.06 Å². The molecule has 3 N–H and O–H groups in total. The highest BCUT2D eigenvalue weighted by atomic mass is 16.7. The summed E-state index contributed by atoms with van der Waals surface area (Å²) < 4.78 is 0. The molecule has 1 aromatic rings. The second-order valence-electron chi connectivity index (χ2n) is 3.77. The molecular weight excluding hydrogens is 218 g/mol. The minimum absolute atomic E-state index is 0.0348. The van der Waals surface area contributed by atoms with Crippen LogP contribution in [0.15, 0.2) is 24.3 Å². The maximum Gasteiger partial charge on any atom is 0.224 e. The summed E-state index contributed by atoms with van der Waals surface area (Å²) in [5.74, 6) is -0.0348. The maximum atomic E-state index is 11.6. The highest BCUT2D eigenvalue weighted by Crippen LogP contribution is 2.16. The zero-order chi connectivity index (χ0) is 12.7. The molecule has 5 nitrogen and oxygen atoms in total. The van der Waals surface area contributed by atoms with Crippen molar-refractivity contribution in [3.8, 4) is 0 Å². The Hall–Kier alpha value is -1.59. The number of hydrogen-bond acceptors (Lipinski definition) is 4. The van der Waals surface area contributed by atoms with Gasteiger partial charge in [-0.05, 0) is 18.6 Å². The average Bonchev–Trinajstić information content (AvgIpc) is 2.32. The SMILES string of the molecule is CON(C)CCCC(=O)Nc1ccccc1N. The van der Waals surface area contributed by atoms with Crippen LogP contribution in [0.4, 0.5) is 11.4 Å². The van der Waals surface area contributed by atoms with Crippen molar-refractivity contribution in [2.24, 2.45) is 0 Å². The molecule has 0 atom stereocenters. The number of nitrogen functional groups attached to an aromatic ring is 1. The van der Waals surface area contributed by atoms with Gasteiger partial charge in [0.05, 0.1) is 18.5 Å². The molecule has 0 aliphatic rings. The van der Waals surface area contributed by atoms with Gasteiger partial charge in [-0.25, -0.2) is 0 Å². The molecule has 94 valence electrons. The third-order valence-corrected chi connectivity index (χ3v) is 2.42. The fraction of sp³-hybridized carbons (Fsp3) is 0.417. The Labute approximate surface area is 101 Å². The van der Waals surface area contributed by atoms with E-state index >= 15 is 0 Å². The van der Waals surface area contributed by atoms with E-state index in [1.807, 2.05) is 19.2 Å². The van der Waals surface area contributed by atoms with E-state index in [1.165, 1.54) is 0 Å². The lowest BCUT2D eigenvalue weighted by atomic mass is 10.2. The Morgan fingerprint density at radius 2 is 2.18 bits per heavy atom. The summed E-state index contributed by atoms with van der Waals surface area (Å²) in [6.07, 6.45) is 1.19. The highest BCUT2D eigenvalue weighted by molar-refractivity contribution is 5.93. The van der Waals surface area contributed by atoms with Crippen LogP contribution < -0.4 is 11.1 Å². The zero-order valence-corrected chi connectivity index (χ0v) is 10.3. The molecule has 5 heteroatoms. The second-order valence-corrected chi connectivity index (χ2v) is 3.77. The van der Waals surface area contributed by atoms with Crippen LogP contribution in [-0.2, 0) is 9.63 Å². The summed E-state index contributed by atoms with van der Waals surface area (Å²) in [5.41, 5.74) is 6.97. The number of hydroxylamine groups is 2. The van der Waals surface area contributed by atoms with Crippen molar-refractivity contribution in [3.63, 3.8) is 0 Å². The van der Waals surface area contributed by atoms with E-state index in [-0.39, 0.29) is 5.91 Å². The van der Waals surface area contributed by atoms with Crippen LogP contribution in [0, 0.1) is 0 Å². The van der Waals surface area contributed by atoms with Crippen molar-refractivity contribution < 1.29 is 9.63 Å². The van der Waals surface area contributed by atoms with Gasteiger partial charge in [0.2, 0.25) is 5.91 Å². The number of nitrogens with zero attached hydrogens (tertiary/aromatic N) is 1. The van der Waals surface area contributed by atoms with E-state index in [9.17, 15) is 4.79 Å². The number of carbonyl (C=O) groups excluding carboxylic acids is 1. The summed E-state index contributed by atoms with van der Waals surface area (Å²) in [6, 6.07) is 7.21. The summed E-state index contributed by atoms with van der Waals surface area (Å²) in [5, 5.41) is 4.46. The molecule has 0 spiro atoms. The van der Waals surface area contributed by atoms with Gasteiger partial charge in [0.25, 0.3) is 0 Å². The predicted molar refractivity (Wildman–Crippen MR) is 68.4 cm³/mol. The van der Waals surface area contributed by atoms with Gasteiger partial charge in [0.15, 0.2) is 0 Å². The Morgan fingerprint density at radius 1 is 1.47 bits per heavy atom. The van der Waals surface area contributed by atoms with Crippen LogP contribution in [0.2, 0.25) is 0 Å². The molecule has 0 radical (unpaired) electrons. The molecule has 1 amide bonds. The predicted octanol–water partition coefficient (Wildman–Crippen LogP) is 1.48. The lowest BCUT2D eigenvalue weighted by Crippen LogP contribution is -2.20. The Morgan fingerprint density at radius 3 is 2.82 bits per heavy atom. The smallest absolute Gasteiger partial charge is 0.224 e. The molecular formula is C12H19N3O2. The number of nitrogens with one attached hydrogen (secondary N) is 1. The molecule has 17 heavy (non-hydrogen) atoms. The largest absolute Gasteiger partial charge is 0.397 e. The van der Waals surface area contributed by atoms with Crippen LogP contribution in [0.25, 0.3) is 0 Å². The van der Waals surface area contributed by atoms with Gasteiger partial charge in [-0.1, -0.05) is 12.1 Å². The van der Waals surface area contributed by atoms with Gasteiger partial charge < -0.3 is 15.9 Å². The molecule has 0 bridgehead atoms. The number of carbonyl (C=O) groups is 1. The van der Waals surface area contributed by atoms with Crippen molar-refractivity contribution >= 4 is 17.3 Å². The fourth-order valence-electron chi connectivity index (χ4n) is 1.38. The number of nitrogens with two attached hydrogens (primary N) is 1. The summed E-state index contributed by atoms with van der Waals surface area (Å²) >= 11 is 0. The molecule has 0 aliphatic heterocycles. The van der Waals surface area contributed by atoms with E-state index in [0.717, 1.165) is 6.42 Å². The van der Waals surface area contributed by atoms with E-state index < -0.39 is 0 Å². The Bertz CT molecular complexity index is 369. The van der Waals surface area contributed by atoms with E-state index in [2.05, 4.69) is 5.32 Å². The first-order valence-corrected chi connectivity index (χ1v) is 5.53. The molecule has 1 aromatic carbocycles. The molecule has 0 saturated heterocycles. The van der Waals surface area contributed by atoms with Gasteiger partial charge in [-0.2, -0.15) is 5.06 Å². The number of para-hydroxylation sites is 2. The van der Waals surface area contributed by atoms with Gasteiger partial charge in [0, 0.05) is 20.0 Å². The first kappa shape index (κ1) is 13.5. The van der Waals surface area contributed by atoms with E-state index in [1.54, 1.807) is 24.3 Å². The second kappa shape index (κ2) is 6.88. The molecule has 0 saturated carbocycles. The molecule has 0 unspecified atom stereocenters. The molecule has 0 fully saturated rings. The van der Waals surface area contributed by atoms with Gasteiger partial charge in [-0.15, -0.1) is 0 Å².